The van der Waals surface area contributed by atoms with E-state index in [1.54, 1.807) is 0 Å². The molecule has 0 saturated carbocycles. The number of carbonyl (C=O) groups excluding carboxylic acids is 1. The summed E-state index contributed by atoms with van der Waals surface area (Å²) >= 11 is 0. The Hall–Kier alpha value is -3.65. The zero-order chi connectivity index (χ0) is 18.6. The molecule has 0 aliphatic rings. The highest BCUT2D eigenvalue weighted by Gasteiger charge is 2.18. The number of benzene rings is 4. The second-order valence-electron chi connectivity index (χ2n) is 6.41. The van der Waals surface area contributed by atoms with Gasteiger partial charge in [-0.15, -0.1) is 0 Å². The van der Waals surface area contributed by atoms with E-state index in [-0.39, 0.29) is 0 Å². The molecule has 0 unspecified atom stereocenters. The minimum absolute atomic E-state index is 0.424. The molecule has 4 rings (SSSR count). The molecule has 0 fully saturated rings. The van der Waals surface area contributed by atoms with E-state index < -0.39 is 5.91 Å². The average Bonchev–Trinajstić information content (AvgIpc) is 2.74. The molecule has 0 aromatic heterocycles. The van der Waals surface area contributed by atoms with Gasteiger partial charge in [-0.2, -0.15) is 0 Å². The zero-order valence-corrected chi connectivity index (χ0v) is 14.8. The van der Waals surface area contributed by atoms with Gasteiger partial charge in [0.15, 0.2) is 0 Å². The van der Waals surface area contributed by atoms with Gasteiger partial charge < -0.3 is 5.73 Å². The second-order valence-corrected chi connectivity index (χ2v) is 6.41. The van der Waals surface area contributed by atoms with Crippen molar-refractivity contribution in [2.75, 3.05) is 0 Å². The zero-order valence-electron chi connectivity index (χ0n) is 14.8. The van der Waals surface area contributed by atoms with Crippen LogP contribution in [0.3, 0.4) is 0 Å². The summed E-state index contributed by atoms with van der Waals surface area (Å²) in [5.74, 6) is -0.424. The molecule has 0 spiro atoms. The first-order valence-corrected chi connectivity index (χ1v) is 8.88. The maximum absolute atomic E-state index is 12.5. The quantitative estimate of drug-likeness (QED) is 0.498. The first-order valence-electron chi connectivity index (χ1n) is 8.88. The summed E-state index contributed by atoms with van der Waals surface area (Å²) in [5, 5.41) is 0. The van der Waals surface area contributed by atoms with Crippen LogP contribution in [0.15, 0.2) is 103 Å². The van der Waals surface area contributed by atoms with Crippen LogP contribution in [0, 0.1) is 0 Å². The third-order valence-electron chi connectivity index (χ3n) is 4.66. The summed E-state index contributed by atoms with van der Waals surface area (Å²) < 4.78 is 0. The summed E-state index contributed by atoms with van der Waals surface area (Å²) in [6.07, 6.45) is 0. The van der Waals surface area contributed by atoms with Crippen molar-refractivity contribution in [1.82, 2.24) is 0 Å². The van der Waals surface area contributed by atoms with Gasteiger partial charge in [0.2, 0.25) is 5.91 Å². The maximum Gasteiger partial charge on any atom is 0.249 e. The summed E-state index contributed by atoms with van der Waals surface area (Å²) in [7, 11) is 0. The molecule has 0 radical (unpaired) electrons. The Morgan fingerprint density at radius 2 is 0.889 bits per heavy atom. The van der Waals surface area contributed by atoms with Gasteiger partial charge in [-0.3, -0.25) is 4.79 Å². The van der Waals surface area contributed by atoms with E-state index in [0.717, 1.165) is 33.4 Å². The van der Waals surface area contributed by atoms with Gasteiger partial charge in [0.05, 0.1) is 5.56 Å². The number of rotatable bonds is 4. The maximum atomic E-state index is 12.5. The van der Waals surface area contributed by atoms with Gasteiger partial charge in [0, 0.05) is 0 Å². The predicted octanol–water partition coefficient (Wildman–Crippen LogP) is 5.79. The molecule has 4 aromatic rings. The molecular formula is C25H19NO. The predicted molar refractivity (Wildman–Crippen MR) is 111 cm³/mol. The molecule has 0 heterocycles. The van der Waals surface area contributed by atoms with Crippen LogP contribution in [0.25, 0.3) is 33.4 Å². The third kappa shape index (κ3) is 3.38. The van der Waals surface area contributed by atoms with Gasteiger partial charge in [-0.25, -0.2) is 0 Å². The van der Waals surface area contributed by atoms with Gasteiger partial charge in [0.1, 0.15) is 0 Å². The highest BCUT2D eigenvalue weighted by molar-refractivity contribution is 6.07. The van der Waals surface area contributed by atoms with Gasteiger partial charge in [0.25, 0.3) is 0 Å². The Kier molecular flexibility index (Phi) is 4.54. The van der Waals surface area contributed by atoms with Crippen LogP contribution in [0.5, 0.6) is 0 Å². The van der Waals surface area contributed by atoms with Crippen LogP contribution in [0.2, 0.25) is 0 Å². The SMILES string of the molecule is NC(=O)c1c(-c2ccccc2)cc(-c2ccccc2)cc1-c1ccccc1. The number of nitrogens with two attached hydrogens (primary N) is 1. The number of amides is 1. The van der Waals surface area contributed by atoms with Gasteiger partial charge in [-0.05, 0) is 45.5 Å². The van der Waals surface area contributed by atoms with E-state index in [0.29, 0.717) is 5.56 Å². The van der Waals surface area contributed by atoms with Crippen LogP contribution in [-0.2, 0) is 0 Å². The molecule has 2 heteroatoms. The van der Waals surface area contributed by atoms with Crippen molar-refractivity contribution in [2.24, 2.45) is 5.73 Å². The Morgan fingerprint density at radius 1 is 0.519 bits per heavy atom. The lowest BCUT2D eigenvalue weighted by atomic mass is 9.87. The second kappa shape index (κ2) is 7.30. The van der Waals surface area contributed by atoms with E-state index in [2.05, 4.69) is 24.3 Å². The minimum atomic E-state index is -0.424. The van der Waals surface area contributed by atoms with Gasteiger partial charge in [-0.1, -0.05) is 91.0 Å². The molecular weight excluding hydrogens is 330 g/mol. The summed E-state index contributed by atoms with van der Waals surface area (Å²) in [4.78, 5) is 12.5. The lowest BCUT2D eigenvalue weighted by Gasteiger charge is -2.16. The van der Waals surface area contributed by atoms with E-state index in [1.807, 2.05) is 78.9 Å². The fraction of sp³-hybridized carbons (Fsp3) is 0. The molecule has 130 valence electrons. The van der Waals surface area contributed by atoms with Crippen LogP contribution in [0.1, 0.15) is 10.4 Å². The molecule has 2 nitrogen and oxygen atoms in total. The van der Waals surface area contributed by atoms with Crippen molar-refractivity contribution in [3.05, 3.63) is 109 Å². The number of hydrogen-bond acceptors (Lipinski definition) is 1. The normalized spacial score (nSPS) is 10.5. The minimum Gasteiger partial charge on any atom is -0.366 e. The Bertz CT molecular complexity index is 1010. The number of hydrogen-bond donors (Lipinski definition) is 1. The Balaban J connectivity index is 2.06. The molecule has 27 heavy (non-hydrogen) atoms. The van der Waals surface area contributed by atoms with Crippen molar-refractivity contribution in [3.63, 3.8) is 0 Å². The molecule has 0 saturated heterocycles. The van der Waals surface area contributed by atoms with Crippen molar-refractivity contribution in [3.8, 4) is 33.4 Å². The van der Waals surface area contributed by atoms with E-state index in [4.69, 9.17) is 5.73 Å². The highest BCUT2D eigenvalue weighted by Crippen LogP contribution is 2.37. The lowest BCUT2D eigenvalue weighted by molar-refractivity contribution is 0.100. The van der Waals surface area contributed by atoms with Crippen molar-refractivity contribution in [1.29, 1.82) is 0 Å². The highest BCUT2D eigenvalue weighted by atomic mass is 16.1. The fourth-order valence-corrected chi connectivity index (χ4v) is 3.40. The van der Waals surface area contributed by atoms with Gasteiger partial charge >= 0.3 is 0 Å². The summed E-state index contributed by atoms with van der Waals surface area (Å²) in [6, 6.07) is 34.1. The van der Waals surface area contributed by atoms with E-state index in [9.17, 15) is 4.79 Å². The van der Waals surface area contributed by atoms with E-state index in [1.165, 1.54) is 0 Å². The standard InChI is InChI=1S/C25H19NO/c26-25(27)24-22(19-12-6-2-7-13-19)16-21(18-10-4-1-5-11-18)17-23(24)20-14-8-3-9-15-20/h1-17H,(H2,26,27). The largest absolute Gasteiger partial charge is 0.366 e. The topological polar surface area (TPSA) is 43.1 Å². The van der Waals surface area contributed by atoms with Crippen LogP contribution >= 0.6 is 0 Å². The lowest BCUT2D eigenvalue weighted by Crippen LogP contribution is -2.14. The fourth-order valence-electron chi connectivity index (χ4n) is 3.40. The Labute approximate surface area is 158 Å². The van der Waals surface area contributed by atoms with Crippen molar-refractivity contribution < 1.29 is 4.79 Å². The smallest absolute Gasteiger partial charge is 0.249 e. The molecule has 2 N–H and O–H groups in total. The molecule has 0 bridgehead atoms. The summed E-state index contributed by atoms with van der Waals surface area (Å²) in [5.41, 5.74) is 12.2. The molecule has 1 amide bonds. The number of primary amides is 1. The third-order valence-corrected chi connectivity index (χ3v) is 4.66. The van der Waals surface area contributed by atoms with Crippen LogP contribution in [0.4, 0.5) is 0 Å². The van der Waals surface area contributed by atoms with Crippen LogP contribution < -0.4 is 5.73 Å². The average molecular weight is 349 g/mol. The number of carbonyl (C=O) groups is 1. The van der Waals surface area contributed by atoms with Crippen molar-refractivity contribution in [2.45, 2.75) is 0 Å². The molecule has 0 aliphatic carbocycles. The molecule has 0 atom stereocenters. The summed E-state index contributed by atoms with van der Waals surface area (Å²) in [6.45, 7) is 0. The first-order chi connectivity index (χ1) is 13.2. The molecule has 4 aromatic carbocycles. The van der Waals surface area contributed by atoms with Crippen molar-refractivity contribution >= 4 is 5.91 Å². The molecule has 0 aliphatic heterocycles. The van der Waals surface area contributed by atoms with E-state index >= 15 is 0 Å². The Morgan fingerprint density at radius 3 is 1.26 bits per heavy atom. The monoisotopic (exact) mass is 349 g/mol. The van der Waals surface area contributed by atoms with Crippen LogP contribution in [-0.4, -0.2) is 5.91 Å². The first kappa shape index (κ1) is 16.8.